The van der Waals surface area contributed by atoms with Crippen molar-refractivity contribution in [3.63, 3.8) is 0 Å². The van der Waals surface area contributed by atoms with Crippen molar-refractivity contribution >= 4 is 11.7 Å². The summed E-state index contributed by atoms with van der Waals surface area (Å²) in [5, 5.41) is 18.5. The first-order chi connectivity index (χ1) is 12.1. The highest BCUT2D eigenvalue weighted by Gasteiger charge is 2.43. The Labute approximate surface area is 155 Å². The van der Waals surface area contributed by atoms with Crippen LogP contribution in [0.5, 0.6) is 5.75 Å². The zero-order valence-electron chi connectivity index (χ0n) is 16.2. The number of hydrogen-bond acceptors (Lipinski definition) is 4. The molecule has 0 radical (unpaired) electrons. The molecule has 2 rings (SSSR count). The first-order valence-electron chi connectivity index (χ1n) is 9.10. The largest absolute Gasteiger partial charge is 0.508 e. The Bertz CT molecular complexity index is 673. The third kappa shape index (κ3) is 5.01. The Morgan fingerprint density at radius 2 is 2.04 bits per heavy atom. The lowest BCUT2D eigenvalue weighted by Gasteiger charge is -2.34. The van der Waals surface area contributed by atoms with E-state index in [1.54, 1.807) is 12.1 Å². The highest BCUT2D eigenvalue weighted by atomic mass is 16.5. The Balaban J connectivity index is 2.12. The van der Waals surface area contributed by atoms with Crippen molar-refractivity contribution in [1.29, 1.82) is 0 Å². The van der Waals surface area contributed by atoms with Crippen LogP contribution in [0.15, 0.2) is 29.8 Å². The van der Waals surface area contributed by atoms with Crippen LogP contribution in [-0.4, -0.2) is 36.0 Å². The molecule has 26 heavy (non-hydrogen) atoms. The van der Waals surface area contributed by atoms with Gasteiger partial charge in [0, 0.05) is 29.4 Å². The predicted molar refractivity (Wildman–Crippen MR) is 101 cm³/mol. The molecule has 2 N–H and O–H groups in total. The molecule has 0 saturated heterocycles. The molecule has 0 bridgehead atoms. The predicted octanol–water partition coefficient (Wildman–Crippen LogP) is 4.46. The second kappa shape index (κ2) is 8.12. The van der Waals surface area contributed by atoms with Crippen LogP contribution in [0, 0.1) is 10.8 Å². The van der Waals surface area contributed by atoms with E-state index in [1.807, 2.05) is 12.1 Å². The summed E-state index contributed by atoms with van der Waals surface area (Å²) in [6.45, 7) is 10.3. The number of unbranched alkanes of at least 4 members (excludes halogenated alkanes) is 1. The SMILES string of the molecule is CC(C)(COCCCCC(=O)O)C1=C(c2cccc(O)c2)OCC1(C)C. The third-order valence-corrected chi connectivity index (χ3v) is 4.66. The van der Waals surface area contributed by atoms with Crippen LogP contribution in [-0.2, 0) is 14.3 Å². The number of benzene rings is 1. The first-order valence-corrected chi connectivity index (χ1v) is 9.10. The smallest absolute Gasteiger partial charge is 0.303 e. The summed E-state index contributed by atoms with van der Waals surface area (Å²) in [4.78, 5) is 10.6. The minimum absolute atomic E-state index is 0.128. The number of carboxylic acids is 1. The van der Waals surface area contributed by atoms with E-state index in [9.17, 15) is 9.90 Å². The molecule has 1 aromatic rings. The van der Waals surface area contributed by atoms with Gasteiger partial charge in [0.05, 0.1) is 13.2 Å². The Morgan fingerprint density at radius 1 is 1.31 bits per heavy atom. The molecule has 5 heteroatoms. The average Bonchev–Trinajstić information content (AvgIpc) is 2.86. The van der Waals surface area contributed by atoms with Crippen LogP contribution in [0.4, 0.5) is 0 Å². The van der Waals surface area contributed by atoms with Crippen molar-refractivity contribution in [2.75, 3.05) is 19.8 Å². The van der Waals surface area contributed by atoms with E-state index in [2.05, 4.69) is 27.7 Å². The van der Waals surface area contributed by atoms with E-state index in [0.29, 0.717) is 26.2 Å². The van der Waals surface area contributed by atoms with Gasteiger partial charge in [0.25, 0.3) is 0 Å². The summed E-state index contributed by atoms with van der Waals surface area (Å²) in [6.07, 6.45) is 1.54. The van der Waals surface area contributed by atoms with Crippen LogP contribution in [0.1, 0.15) is 52.5 Å². The van der Waals surface area contributed by atoms with Gasteiger partial charge in [0.15, 0.2) is 0 Å². The zero-order chi connectivity index (χ0) is 19.4. The Morgan fingerprint density at radius 3 is 2.69 bits per heavy atom. The standard InChI is InChI=1S/C21H30O5/c1-20(2,13-25-11-6-5-10-17(23)24)19-18(26-14-21(19,3)4)15-8-7-9-16(22)12-15/h7-9,12,22H,5-6,10-11,13-14H2,1-4H3,(H,23,24). The molecule has 0 amide bonds. The van der Waals surface area contributed by atoms with E-state index in [1.165, 1.54) is 5.57 Å². The maximum absolute atomic E-state index is 10.6. The summed E-state index contributed by atoms with van der Waals surface area (Å²) in [6, 6.07) is 7.13. The molecule has 0 atom stereocenters. The van der Waals surface area contributed by atoms with Crippen molar-refractivity contribution in [3.8, 4) is 5.75 Å². The average molecular weight is 362 g/mol. The molecule has 0 aromatic heterocycles. The monoisotopic (exact) mass is 362 g/mol. The fourth-order valence-electron chi connectivity index (χ4n) is 3.68. The van der Waals surface area contributed by atoms with Crippen molar-refractivity contribution in [2.24, 2.45) is 10.8 Å². The molecule has 1 heterocycles. The van der Waals surface area contributed by atoms with Crippen LogP contribution in [0.3, 0.4) is 0 Å². The topological polar surface area (TPSA) is 76.0 Å². The van der Waals surface area contributed by atoms with Gasteiger partial charge < -0.3 is 19.7 Å². The van der Waals surface area contributed by atoms with Gasteiger partial charge in [0.1, 0.15) is 11.5 Å². The van der Waals surface area contributed by atoms with Gasteiger partial charge in [-0.2, -0.15) is 0 Å². The van der Waals surface area contributed by atoms with Crippen LogP contribution in [0.2, 0.25) is 0 Å². The van der Waals surface area contributed by atoms with E-state index >= 15 is 0 Å². The highest BCUT2D eigenvalue weighted by Crippen LogP contribution is 2.50. The lowest BCUT2D eigenvalue weighted by Crippen LogP contribution is -2.31. The second-order valence-electron chi connectivity index (χ2n) is 8.21. The summed E-state index contributed by atoms with van der Waals surface area (Å²) in [7, 11) is 0. The Hall–Kier alpha value is -2.01. The molecule has 0 spiro atoms. The molecule has 5 nitrogen and oxygen atoms in total. The number of hydrogen-bond donors (Lipinski definition) is 2. The van der Waals surface area contributed by atoms with Crippen molar-refractivity contribution < 1.29 is 24.5 Å². The molecular weight excluding hydrogens is 332 g/mol. The van der Waals surface area contributed by atoms with Gasteiger partial charge in [-0.1, -0.05) is 39.8 Å². The summed E-state index contributed by atoms with van der Waals surface area (Å²) in [5.74, 6) is 0.275. The minimum atomic E-state index is -0.768. The number of aromatic hydroxyl groups is 1. The summed E-state index contributed by atoms with van der Waals surface area (Å²) in [5.41, 5.74) is 1.69. The molecule has 0 fully saturated rings. The quantitative estimate of drug-likeness (QED) is 0.635. The normalized spacial score (nSPS) is 16.6. The fraction of sp³-hybridized carbons (Fsp3) is 0.571. The molecule has 144 valence electrons. The molecule has 1 aliphatic rings. The van der Waals surface area contributed by atoms with Gasteiger partial charge in [0.2, 0.25) is 0 Å². The highest BCUT2D eigenvalue weighted by molar-refractivity contribution is 5.68. The molecule has 1 aromatic carbocycles. The van der Waals surface area contributed by atoms with Gasteiger partial charge in [-0.05, 0) is 30.5 Å². The van der Waals surface area contributed by atoms with Gasteiger partial charge in [-0.25, -0.2) is 0 Å². The molecular formula is C21H30O5. The van der Waals surface area contributed by atoms with Crippen LogP contribution in [0.25, 0.3) is 5.76 Å². The number of phenols is 1. The number of phenolic OH excluding ortho intramolecular Hbond substituents is 1. The Kier molecular flexibility index (Phi) is 6.34. The van der Waals surface area contributed by atoms with E-state index in [-0.39, 0.29) is 23.0 Å². The lowest BCUT2D eigenvalue weighted by molar-refractivity contribution is -0.137. The maximum atomic E-state index is 10.6. The van der Waals surface area contributed by atoms with E-state index in [4.69, 9.17) is 14.6 Å². The minimum Gasteiger partial charge on any atom is -0.508 e. The molecule has 0 aliphatic carbocycles. The zero-order valence-corrected chi connectivity index (χ0v) is 16.2. The first kappa shape index (κ1) is 20.3. The lowest BCUT2D eigenvalue weighted by atomic mass is 9.70. The van der Waals surface area contributed by atoms with E-state index in [0.717, 1.165) is 17.7 Å². The number of rotatable bonds is 9. The fourth-order valence-corrected chi connectivity index (χ4v) is 3.68. The van der Waals surface area contributed by atoms with Gasteiger partial charge in [-0.3, -0.25) is 4.79 Å². The van der Waals surface area contributed by atoms with Crippen molar-refractivity contribution in [3.05, 3.63) is 35.4 Å². The number of aliphatic carboxylic acids is 1. The second-order valence-corrected chi connectivity index (χ2v) is 8.21. The molecule has 1 aliphatic heterocycles. The summed E-state index contributed by atoms with van der Waals surface area (Å²) < 4.78 is 11.9. The maximum Gasteiger partial charge on any atom is 0.303 e. The number of carbonyl (C=O) groups is 1. The number of ether oxygens (including phenoxy) is 2. The number of carboxylic acid groups (broad SMARTS) is 1. The molecule has 0 unspecified atom stereocenters. The van der Waals surface area contributed by atoms with E-state index < -0.39 is 5.97 Å². The van der Waals surface area contributed by atoms with Crippen LogP contribution < -0.4 is 0 Å². The third-order valence-electron chi connectivity index (χ3n) is 4.66. The van der Waals surface area contributed by atoms with Gasteiger partial charge in [-0.15, -0.1) is 0 Å². The molecule has 0 saturated carbocycles. The van der Waals surface area contributed by atoms with Crippen molar-refractivity contribution in [2.45, 2.75) is 47.0 Å². The van der Waals surface area contributed by atoms with Gasteiger partial charge >= 0.3 is 5.97 Å². The summed E-state index contributed by atoms with van der Waals surface area (Å²) >= 11 is 0. The van der Waals surface area contributed by atoms with Crippen molar-refractivity contribution in [1.82, 2.24) is 0 Å². The van der Waals surface area contributed by atoms with Crippen LogP contribution >= 0.6 is 0 Å².